The van der Waals surface area contributed by atoms with Crippen molar-refractivity contribution >= 4 is 5.91 Å². The zero-order chi connectivity index (χ0) is 14.5. The van der Waals surface area contributed by atoms with Gasteiger partial charge in [0, 0.05) is 20.1 Å². The van der Waals surface area contributed by atoms with Gasteiger partial charge in [-0.1, -0.05) is 30.3 Å². The maximum atomic E-state index is 12.0. The van der Waals surface area contributed by atoms with E-state index in [0.29, 0.717) is 19.6 Å². The Morgan fingerprint density at radius 2 is 1.79 bits per heavy atom. The standard InChI is InChI=1S/C15H24N2O2/c1-15(2,19)12-16(3)11-14(18)17(4)10-13-8-6-5-7-9-13/h5-9,19H,10-12H2,1-4H3. The van der Waals surface area contributed by atoms with Gasteiger partial charge in [-0.25, -0.2) is 0 Å². The molecule has 0 saturated carbocycles. The number of carbonyl (C=O) groups excluding carboxylic acids is 1. The molecule has 1 aromatic rings. The average molecular weight is 264 g/mol. The fourth-order valence-corrected chi connectivity index (χ4v) is 2.01. The highest BCUT2D eigenvalue weighted by molar-refractivity contribution is 5.77. The summed E-state index contributed by atoms with van der Waals surface area (Å²) >= 11 is 0. The van der Waals surface area contributed by atoms with Gasteiger partial charge in [-0.05, 0) is 26.5 Å². The van der Waals surface area contributed by atoms with Crippen LogP contribution >= 0.6 is 0 Å². The van der Waals surface area contributed by atoms with Gasteiger partial charge in [0.15, 0.2) is 0 Å². The number of likely N-dealkylation sites (N-methyl/N-ethyl adjacent to an activating group) is 2. The summed E-state index contributed by atoms with van der Waals surface area (Å²) in [6, 6.07) is 9.90. The Morgan fingerprint density at radius 3 is 2.32 bits per heavy atom. The summed E-state index contributed by atoms with van der Waals surface area (Å²) in [5, 5.41) is 9.71. The number of aliphatic hydroxyl groups is 1. The molecule has 1 amide bonds. The van der Waals surface area contributed by atoms with Crippen molar-refractivity contribution in [3.8, 4) is 0 Å². The van der Waals surface area contributed by atoms with Crippen LogP contribution < -0.4 is 0 Å². The fourth-order valence-electron chi connectivity index (χ4n) is 2.01. The second-order valence-electron chi connectivity index (χ2n) is 5.72. The topological polar surface area (TPSA) is 43.8 Å². The molecule has 0 spiro atoms. The first-order valence-electron chi connectivity index (χ1n) is 6.47. The molecule has 106 valence electrons. The summed E-state index contributed by atoms with van der Waals surface area (Å²) in [5.41, 5.74) is 0.330. The lowest BCUT2D eigenvalue weighted by Gasteiger charge is -2.27. The lowest BCUT2D eigenvalue weighted by Crippen LogP contribution is -2.42. The molecule has 4 nitrogen and oxygen atoms in total. The predicted molar refractivity (Wildman–Crippen MR) is 76.7 cm³/mol. The van der Waals surface area contributed by atoms with Crippen molar-refractivity contribution in [2.24, 2.45) is 0 Å². The minimum atomic E-state index is -0.785. The van der Waals surface area contributed by atoms with Gasteiger partial charge in [0.2, 0.25) is 5.91 Å². The van der Waals surface area contributed by atoms with Crippen LogP contribution in [0.2, 0.25) is 0 Å². The molecule has 0 atom stereocenters. The van der Waals surface area contributed by atoms with Gasteiger partial charge in [-0.15, -0.1) is 0 Å². The Labute approximate surface area is 115 Å². The van der Waals surface area contributed by atoms with Crippen molar-refractivity contribution in [1.29, 1.82) is 0 Å². The third-order valence-corrected chi connectivity index (χ3v) is 2.75. The van der Waals surface area contributed by atoms with Crippen molar-refractivity contribution in [1.82, 2.24) is 9.80 Å². The minimum absolute atomic E-state index is 0.0515. The molecule has 0 aliphatic heterocycles. The molecule has 0 fully saturated rings. The summed E-state index contributed by atoms with van der Waals surface area (Å²) < 4.78 is 0. The summed E-state index contributed by atoms with van der Waals surface area (Å²) in [5.74, 6) is 0.0515. The minimum Gasteiger partial charge on any atom is -0.389 e. The number of amides is 1. The van der Waals surface area contributed by atoms with Gasteiger partial charge in [-0.2, -0.15) is 0 Å². The molecule has 0 aliphatic carbocycles. The first-order valence-corrected chi connectivity index (χ1v) is 6.47. The molecule has 4 heteroatoms. The molecule has 0 saturated heterocycles. The summed E-state index contributed by atoms with van der Waals surface area (Å²) in [6.45, 7) is 4.87. The normalized spacial score (nSPS) is 11.7. The summed E-state index contributed by atoms with van der Waals surface area (Å²) in [4.78, 5) is 15.6. The van der Waals surface area contributed by atoms with E-state index in [1.54, 1.807) is 25.8 Å². The number of carbonyl (C=O) groups is 1. The van der Waals surface area contributed by atoms with Crippen LogP contribution in [0.15, 0.2) is 30.3 Å². The quantitative estimate of drug-likeness (QED) is 0.843. The van der Waals surface area contributed by atoms with E-state index in [9.17, 15) is 9.90 Å². The molecule has 1 aromatic carbocycles. The third kappa shape index (κ3) is 6.36. The first kappa shape index (κ1) is 15.7. The van der Waals surface area contributed by atoms with E-state index in [1.807, 2.05) is 42.3 Å². The SMILES string of the molecule is CN(CC(=O)N(C)Cc1ccccc1)CC(C)(C)O. The van der Waals surface area contributed by atoms with Crippen molar-refractivity contribution in [2.45, 2.75) is 26.0 Å². The van der Waals surface area contributed by atoms with Crippen molar-refractivity contribution < 1.29 is 9.90 Å². The zero-order valence-electron chi connectivity index (χ0n) is 12.3. The Morgan fingerprint density at radius 1 is 1.21 bits per heavy atom. The summed E-state index contributed by atoms with van der Waals surface area (Å²) in [7, 11) is 3.64. The third-order valence-electron chi connectivity index (χ3n) is 2.75. The average Bonchev–Trinajstić information content (AvgIpc) is 2.27. The van der Waals surface area contributed by atoms with Gasteiger partial charge in [-0.3, -0.25) is 9.69 Å². The highest BCUT2D eigenvalue weighted by atomic mass is 16.3. The smallest absolute Gasteiger partial charge is 0.236 e. The van der Waals surface area contributed by atoms with Crippen molar-refractivity contribution in [2.75, 3.05) is 27.2 Å². The second kappa shape index (κ2) is 6.68. The summed E-state index contributed by atoms with van der Waals surface area (Å²) in [6.07, 6.45) is 0. The molecule has 0 heterocycles. The van der Waals surface area contributed by atoms with Crippen LogP contribution in [0.1, 0.15) is 19.4 Å². The maximum absolute atomic E-state index is 12.0. The van der Waals surface area contributed by atoms with Gasteiger partial charge in [0.05, 0.1) is 12.1 Å². The van der Waals surface area contributed by atoms with Gasteiger partial charge < -0.3 is 10.0 Å². The monoisotopic (exact) mass is 264 g/mol. The molecule has 19 heavy (non-hydrogen) atoms. The van der Waals surface area contributed by atoms with Crippen molar-refractivity contribution in [3.05, 3.63) is 35.9 Å². The molecule has 0 radical (unpaired) electrons. The van der Waals surface area contributed by atoms with E-state index in [1.165, 1.54) is 0 Å². The lowest BCUT2D eigenvalue weighted by molar-refractivity contribution is -0.131. The van der Waals surface area contributed by atoms with E-state index >= 15 is 0 Å². The highest BCUT2D eigenvalue weighted by Gasteiger charge is 2.18. The number of hydrogen-bond donors (Lipinski definition) is 1. The Balaban J connectivity index is 2.45. The van der Waals surface area contributed by atoms with E-state index in [2.05, 4.69) is 0 Å². The van der Waals surface area contributed by atoms with Gasteiger partial charge in [0.25, 0.3) is 0 Å². The molecular formula is C15H24N2O2. The molecule has 0 aromatic heterocycles. The van der Waals surface area contributed by atoms with E-state index in [0.717, 1.165) is 5.56 Å². The molecular weight excluding hydrogens is 240 g/mol. The van der Waals surface area contributed by atoms with Gasteiger partial charge >= 0.3 is 0 Å². The van der Waals surface area contributed by atoms with Crippen LogP contribution in [0.5, 0.6) is 0 Å². The van der Waals surface area contributed by atoms with Gasteiger partial charge in [0.1, 0.15) is 0 Å². The van der Waals surface area contributed by atoms with Crippen LogP contribution in [-0.4, -0.2) is 53.6 Å². The number of rotatable bonds is 6. The van der Waals surface area contributed by atoms with Crippen LogP contribution in [0, 0.1) is 0 Å². The molecule has 1 rings (SSSR count). The van der Waals surface area contributed by atoms with Crippen LogP contribution in [0.3, 0.4) is 0 Å². The Bertz CT molecular complexity index is 398. The first-order chi connectivity index (χ1) is 8.78. The molecule has 0 unspecified atom stereocenters. The van der Waals surface area contributed by atoms with E-state index in [4.69, 9.17) is 0 Å². The Hall–Kier alpha value is -1.39. The molecule has 1 N–H and O–H groups in total. The molecule has 0 bridgehead atoms. The Kier molecular flexibility index (Phi) is 5.51. The second-order valence-corrected chi connectivity index (χ2v) is 5.72. The highest BCUT2D eigenvalue weighted by Crippen LogP contribution is 2.05. The zero-order valence-corrected chi connectivity index (χ0v) is 12.3. The predicted octanol–water partition coefficient (Wildman–Crippen LogP) is 1.35. The van der Waals surface area contributed by atoms with Crippen LogP contribution in [0.25, 0.3) is 0 Å². The largest absolute Gasteiger partial charge is 0.389 e. The molecule has 0 aliphatic rings. The van der Waals surface area contributed by atoms with E-state index < -0.39 is 5.60 Å². The van der Waals surface area contributed by atoms with E-state index in [-0.39, 0.29) is 5.91 Å². The number of nitrogens with zero attached hydrogens (tertiary/aromatic N) is 2. The fraction of sp³-hybridized carbons (Fsp3) is 0.533. The maximum Gasteiger partial charge on any atom is 0.236 e. The number of benzene rings is 1. The van der Waals surface area contributed by atoms with Crippen molar-refractivity contribution in [3.63, 3.8) is 0 Å². The van der Waals surface area contributed by atoms with Crippen LogP contribution in [-0.2, 0) is 11.3 Å². The lowest BCUT2D eigenvalue weighted by atomic mass is 10.1. The number of hydrogen-bond acceptors (Lipinski definition) is 3. The van der Waals surface area contributed by atoms with Crippen LogP contribution in [0.4, 0.5) is 0 Å².